The van der Waals surface area contributed by atoms with Crippen LogP contribution < -0.4 is 10.6 Å². The van der Waals surface area contributed by atoms with Gasteiger partial charge in [-0.2, -0.15) is 0 Å². The third-order valence-corrected chi connectivity index (χ3v) is 3.53. The molecular weight excluding hydrogens is 306 g/mol. The van der Waals surface area contributed by atoms with Crippen LogP contribution in [0.15, 0.2) is 12.1 Å². The molecule has 2 N–H and O–H groups in total. The van der Waals surface area contributed by atoms with Gasteiger partial charge in [0.15, 0.2) is 0 Å². The standard InChI is InChI=1S/C11H14FIN2/c1-2-15(7-3-4-7)11-5-8(12)9(13)6-10(11)14/h5-7H,2-4,14H2,1H3. The Morgan fingerprint density at radius 3 is 2.73 bits per heavy atom. The maximum absolute atomic E-state index is 13.4. The molecule has 1 aliphatic rings. The van der Waals surface area contributed by atoms with Gasteiger partial charge in [0.05, 0.1) is 14.9 Å². The molecule has 2 nitrogen and oxygen atoms in total. The van der Waals surface area contributed by atoms with E-state index in [1.165, 1.54) is 12.8 Å². The molecule has 0 amide bonds. The Kier molecular flexibility index (Phi) is 3.04. The molecule has 4 heteroatoms. The van der Waals surface area contributed by atoms with E-state index in [4.69, 9.17) is 5.73 Å². The molecule has 0 unspecified atom stereocenters. The van der Waals surface area contributed by atoms with Crippen LogP contribution in [-0.4, -0.2) is 12.6 Å². The molecule has 2 rings (SSSR count). The van der Waals surface area contributed by atoms with Crippen LogP contribution in [0.5, 0.6) is 0 Å². The highest BCUT2D eigenvalue weighted by Gasteiger charge is 2.29. The van der Waals surface area contributed by atoms with Crippen molar-refractivity contribution in [1.29, 1.82) is 0 Å². The zero-order chi connectivity index (χ0) is 11.0. The Bertz CT molecular complexity index is 377. The van der Waals surface area contributed by atoms with Gasteiger partial charge in [0.25, 0.3) is 0 Å². The fraction of sp³-hybridized carbons (Fsp3) is 0.455. The molecule has 1 saturated carbocycles. The summed E-state index contributed by atoms with van der Waals surface area (Å²) in [5.41, 5.74) is 7.44. The van der Waals surface area contributed by atoms with Crippen molar-refractivity contribution >= 4 is 34.0 Å². The Labute approximate surface area is 103 Å². The molecule has 0 bridgehead atoms. The minimum atomic E-state index is -0.182. The molecule has 0 saturated heterocycles. The minimum Gasteiger partial charge on any atom is -0.397 e. The van der Waals surface area contributed by atoms with E-state index in [1.807, 2.05) is 22.6 Å². The number of nitrogens with two attached hydrogens (primary N) is 1. The van der Waals surface area contributed by atoms with E-state index in [9.17, 15) is 4.39 Å². The quantitative estimate of drug-likeness (QED) is 0.685. The van der Waals surface area contributed by atoms with Crippen molar-refractivity contribution in [1.82, 2.24) is 0 Å². The highest BCUT2D eigenvalue weighted by molar-refractivity contribution is 14.1. The molecule has 15 heavy (non-hydrogen) atoms. The number of anilines is 2. The highest BCUT2D eigenvalue weighted by Crippen LogP contribution is 2.35. The summed E-state index contributed by atoms with van der Waals surface area (Å²) in [6.45, 7) is 2.96. The van der Waals surface area contributed by atoms with Gasteiger partial charge in [0.2, 0.25) is 0 Å². The monoisotopic (exact) mass is 320 g/mol. The van der Waals surface area contributed by atoms with Crippen molar-refractivity contribution < 1.29 is 4.39 Å². The molecule has 1 aromatic rings. The van der Waals surface area contributed by atoms with E-state index in [1.54, 1.807) is 12.1 Å². The van der Waals surface area contributed by atoms with Crippen molar-refractivity contribution in [2.24, 2.45) is 0 Å². The molecule has 0 heterocycles. The SMILES string of the molecule is CCN(c1cc(F)c(I)cc1N)C1CC1. The molecule has 1 aromatic carbocycles. The van der Waals surface area contributed by atoms with E-state index < -0.39 is 0 Å². The third kappa shape index (κ3) is 2.19. The molecule has 0 radical (unpaired) electrons. The first-order chi connectivity index (χ1) is 7.13. The first-order valence-electron chi connectivity index (χ1n) is 5.14. The van der Waals surface area contributed by atoms with Gasteiger partial charge in [-0.05, 0) is 48.4 Å². The zero-order valence-corrected chi connectivity index (χ0v) is 10.8. The van der Waals surface area contributed by atoms with Gasteiger partial charge in [-0.15, -0.1) is 0 Å². The van der Waals surface area contributed by atoms with E-state index in [0.717, 1.165) is 12.2 Å². The van der Waals surface area contributed by atoms with Gasteiger partial charge < -0.3 is 10.6 Å². The first-order valence-corrected chi connectivity index (χ1v) is 6.22. The lowest BCUT2D eigenvalue weighted by atomic mass is 10.2. The van der Waals surface area contributed by atoms with Crippen LogP contribution in [0, 0.1) is 9.39 Å². The lowest BCUT2D eigenvalue weighted by Crippen LogP contribution is -2.26. The zero-order valence-electron chi connectivity index (χ0n) is 8.63. The van der Waals surface area contributed by atoms with Crippen LogP contribution in [-0.2, 0) is 0 Å². The Morgan fingerprint density at radius 1 is 1.53 bits per heavy atom. The second kappa shape index (κ2) is 4.15. The van der Waals surface area contributed by atoms with Crippen LogP contribution in [0.2, 0.25) is 0 Å². The third-order valence-electron chi connectivity index (χ3n) is 2.71. The predicted octanol–water partition coefficient (Wildman–Crippen LogP) is 3.00. The van der Waals surface area contributed by atoms with Gasteiger partial charge in [-0.3, -0.25) is 0 Å². The molecule has 0 aliphatic heterocycles. The number of halogens is 2. The second-order valence-electron chi connectivity index (χ2n) is 3.84. The van der Waals surface area contributed by atoms with Crippen LogP contribution in [0.1, 0.15) is 19.8 Å². The van der Waals surface area contributed by atoms with Crippen molar-refractivity contribution in [2.45, 2.75) is 25.8 Å². The Morgan fingerprint density at radius 2 is 2.20 bits per heavy atom. The van der Waals surface area contributed by atoms with Crippen molar-refractivity contribution in [3.63, 3.8) is 0 Å². The van der Waals surface area contributed by atoms with Gasteiger partial charge in [0, 0.05) is 18.7 Å². The van der Waals surface area contributed by atoms with Crippen LogP contribution >= 0.6 is 22.6 Å². The number of nitrogens with zero attached hydrogens (tertiary/aromatic N) is 1. The van der Waals surface area contributed by atoms with E-state index >= 15 is 0 Å². The van der Waals surface area contributed by atoms with Crippen LogP contribution in [0.3, 0.4) is 0 Å². The normalized spacial score (nSPS) is 15.4. The number of nitrogen functional groups attached to an aromatic ring is 1. The lowest BCUT2D eigenvalue weighted by molar-refractivity contribution is 0.619. The van der Waals surface area contributed by atoms with Crippen molar-refractivity contribution in [3.8, 4) is 0 Å². The molecule has 0 atom stereocenters. The van der Waals surface area contributed by atoms with Crippen LogP contribution in [0.25, 0.3) is 0 Å². The molecule has 82 valence electrons. The summed E-state index contributed by atoms with van der Waals surface area (Å²) >= 11 is 1.96. The van der Waals surface area contributed by atoms with Crippen molar-refractivity contribution in [3.05, 3.63) is 21.5 Å². The molecule has 1 fully saturated rings. The predicted molar refractivity (Wildman–Crippen MR) is 69.6 cm³/mol. The van der Waals surface area contributed by atoms with Crippen LogP contribution in [0.4, 0.5) is 15.8 Å². The Hall–Kier alpha value is -0.520. The summed E-state index contributed by atoms with van der Waals surface area (Å²) in [6.07, 6.45) is 2.39. The largest absolute Gasteiger partial charge is 0.397 e. The summed E-state index contributed by atoms with van der Waals surface area (Å²) < 4.78 is 14.0. The Balaban J connectivity index is 2.37. The summed E-state index contributed by atoms with van der Waals surface area (Å²) in [6, 6.07) is 3.83. The van der Waals surface area contributed by atoms with E-state index in [-0.39, 0.29) is 5.82 Å². The molecule has 0 aromatic heterocycles. The molecular formula is C11H14FIN2. The average molecular weight is 320 g/mol. The summed E-state index contributed by atoms with van der Waals surface area (Å²) in [5.74, 6) is -0.182. The number of benzene rings is 1. The number of rotatable bonds is 3. The average Bonchev–Trinajstić information content (AvgIpc) is 2.99. The summed E-state index contributed by atoms with van der Waals surface area (Å²) in [5, 5.41) is 0. The fourth-order valence-corrected chi connectivity index (χ4v) is 2.30. The van der Waals surface area contributed by atoms with Gasteiger partial charge in [0.1, 0.15) is 5.82 Å². The topological polar surface area (TPSA) is 29.3 Å². The summed E-state index contributed by atoms with van der Waals surface area (Å²) in [7, 11) is 0. The minimum absolute atomic E-state index is 0.182. The summed E-state index contributed by atoms with van der Waals surface area (Å²) in [4.78, 5) is 2.19. The van der Waals surface area contributed by atoms with E-state index in [2.05, 4.69) is 11.8 Å². The molecule has 1 aliphatic carbocycles. The lowest BCUT2D eigenvalue weighted by Gasteiger charge is -2.24. The fourth-order valence-electron chi connectivity index (χ4n) is 1.81. The molecule has 0 spiro atoms. The second-order valence-corrected chi connectivity index (χ2v) is 5.00. The number of hydrogen-bond acceptors (Lipinski definition) is 2. The van der Waals surface area contributed by atoms with Gasteiger partial charge >= 0.3 is 0 Å². The first kappa shape index (κ1) is 11.0. The maximum Gasteiger partial charge on any atom is 0.138 e. The van der Waals surface area contributed by atoms with Gasteiger partial charge in [-0.1, -0.05) is 0 Å². The van der Waals surface area contributed by atoms with E-state index in [0.29, 0.717) is 15.3 Å². The highest BCUT2D eigenvalue weighted by atomic mass is 127. The van der Waals surface area contributed by atoms with Gasteiger partial charge in [-0.25, -0.2) is 4.39 Å². The number of hydrogen-bond donors (Lipinski definition) is 1. The maximum atomic E-state index is 13.4. The smallest absolute Gasteiger partial charge is 0.138 e. The van der Waals surface area contributed by atoms with Crippen molar-refractivity contribution in [2.75, 3.05) is 17.2 Å².